The summed E-state index contributed by atoms with van der Waals surface area (Å²) in [7, 11) is 1.56. The zero-order chi connectivity index (χ0) is 16.9. The third-order valence-electron chi connectivity index (χ3n) is 3.02. The van der Waals surface area contributed by atoms with E-state index in [-0.39, 0.29) is 0 Å². The van der Waals surface area contributed by atoms with Crippen molar-refractivity contribution in [1.82, 2.24) is 0 Å². The third kappa shape index (κ3) is 4.88. The Bertz CT molecular complexity index is 689. The summed E-state index contributed by atoms with van der Waals surface area (Å²) in [5.41, 5.74) is 0.333. The SMILES string of the molecule is COc1ccc(/C=C\C(=O)Nc2ccc(C(F)(F)F)cc2)cc1. The second kappa shape index (κ2) is 7.00. The number of methoxy groups -OCH3 is 1. The van der Waals surface area contributed by atoms with E-state index in [0.29, 0.717) is 11.4 Å². The molecule has 23 heavy (non-hydrogen) atoms. The summed E-state index contributed by atoms with van der Waals surface area (Å²) < 4.78 is 42.3. The number of ether oxygens (including phenoxy) is 1. The van der Waals surface area contributed by atoms with Crippen LogP contribution in [-0.4, -0.2) is 13.0 Å². The summed E-state index contributed by atoms with van der Waals surface area (Å²) in [6, 6.07) is 11.3. The van der Waals surface area contributed by atoms with Crippen LogP contribution in [0.4, 0.5) is 18.9 Å². The minimum atomic E-state index is -4.39. The highest BCUT2D eigenvalue weighted by molar-refractivity contribution is 6.01. The molecule has 0 atom stereocenters. The van der Waals surface area contributed by atoms with Crippen LogP contribution in [0.25, 0.3) is 6.08 Å². The number of hydrogen-bond donors (Lipinski definition) is 1. The summed E-state index contributed by atoms with van der Waals surface area (Å²) in [6.45, 7) is 0. The van der Waals surface area contributed by atoms with Gasteiger partial charge in [-0.1, -0.05) is 12.1 Å². The number of alkyl halides is 3. The van der Waals surface area contributed by atoms with E-state index in [1.165, 1.54) is 18.2 Å². The highest BCUT2D eigenvalue weighted by Crippen LogP contribution is 2.29. The quantitative estimate of drug-likeness (QED) is 0.850. The third-order valence-corrected chi connectivity index (χ3v) is 3.02. The van der Waals surface area contributed by atoms with E-state index in [1.54, 1.807) is 37.5 Å². The number of rotatable bonds is 4. The number of carbonyl (C=O) groups excluding carboxylic acids is 1. The fraction of sp³-hybridized carbons (Fsp3) is 0.118. The summed E-state index contributed by atoms with van der Waals surface area (Å²) in [5.74, 6) is 0.275. The lowest BCUT2D eigenvalue weighted by Gasteiger charge is -2.07. The Morgan fingerprint density at radius 3 is 2.17 bits per heavy atom. The van der Waals surface area contributed by atoms with Crippen LogP contribution >= 0.6 is 0 Å². The van der Waals surface area contributed by atoms with Gasteiger partial charge in [0, 0.05) is 11.8 Å². The molecule has 0 aliphatic heterocycles. The largest absolute Gasteiger partial charge is 0.497 e. The lowest BCUT2D eigenvalue weighted by atomic mass is 10.2. The molecule has 2 rings (SSSR count). The van der Waals surface area contributed by atoms with E-state index >= 15 is 0 Å². The van der Waals surface area contributed by atoms with Crippen molar-refractivity contribution in [2.24, 2.45) is 0 Å². The standard InChI is InChI=1S/C17H14F3NO2/c1-23-15-9-2-12(3-10-15)4-11-16(22)21-14-7-5-13(6-8-14)17(18,19)20/h2-11H,1H3,(H,21,22)/b11-4-. The predicted molar refractivity (Wildman–Crippen MR) is 82.1 cm³/mol. The molecule has 0 fully saturated rings. The second-order valence-electron chi connectivity index (χ2n) is 4.67. The lowest BCUT2D eigenvalue weighted by Crippen LogP contribution is -2.09. The fourth-order valence-electron chi connectivity index (χ4n) is 1.81. The van der Waals surface area contributed by atoms with Crippen molar-refractivity contribution in [1.29, 1.82) is 0 Å². The minimum Gasteiger partial charge on any atom is -0.497 e. The zero-order valence-corrected chi connectivity index (χ0v) is 12.2. The van der Waals surface area contributed by atoms with Crippen molar-refractivity contribution >= 4 is 17.7 Å². The van der Waals surface area contributed by atoms with E-state index in [0.717, 1.165) is 17.7 Å². The predicted octanol–water partition coefficient (Wildman–Crippen LogP) is 4.37. The van der Waals surface area contributed by atoms with Crippen LogP contribution in [0, 0.1) is 0 Å². The monoisotopic (exact) mass is 321 g/mol. The Hall–Kier alpha value is -2.76. The number of benzene rings is 2. The van der Waals surface area contributed by atoms with Crippen molar-refractivity contribution in [3.05, 3.63) is 65.7 Å². The van der Waals surface area contributed by atoms with Gasteiger partial charge in [0.1, 0.15) is 5.75 Å². The van der Waals surface area contributed by atoms with Crippen molar-refractivity contribution in [2.45, 2.75) is 6.18 Å². The molecule has 0 unspecified atom stereocenters. The molecule has 0 spiro atoms. The maximum atomic E-state index is 12.4. The average Bonchev–Trinajstić information content (AvgIpc) is 2.53. The molecule has 3 nitrogen and oxygen atoms in total. The summed E-state index contributed by atoms with van der Waals surface area (Å²) in [4.78, 5) is 11.7. The zero-order valence-electron chi connectivity index (χ0n) is 12.2. The molecule has 2 aromatic rings. The molecule has 0 aromatic heterocycles. The van der Waals surface area contributed by atoms with Gasteiger partial charge in [0.25, 0.3) is 0 Å². The van der Waals surface area contributed by atoms with Crippen LogP contribution in [-0.2, 0) is 11.0 Å². The van der Waals surface area contributed by atoms with Gasteiger partial charge in [0.2, 0.25) is 5.91 Å². The highest BCUT2D eigenvalue weighted by Gasteiger charge is 2.29. The van der Waals surface area contributed by atoms with Crippen LogP contribution in [0.15, 0.2) is 54.6 Å². The average molecular weight is 321 g/mol. The first-order chi connectivity index (χ1) is 10.9. The Morgan fingerprint density at radius 1 is 1.04 bits per heavy atom. The molecule has 2 aromatic carbocycles. The molecule has 0 saturated carbocycles. The topological polar surface area (TPSA) is 38.3 Å². The van der Waals surface area contributed by atoms with E-state index in [9.17, 15) is 18.0 Å². The smallest absolute Gasteiger partial charge is 0.416 e. The first-order valence-corrected chi connectivity index (χ1v) is 6.69. The molecule has 0 saturated heterocycles. The molecule has 1 amide bonds. The van der Waals surface area contributed by atoms with Gasteiger partial charge in [-0.2, -0.15) is 13.2 Å². The Balaban J connectivity index is 1.97. The van der Waals surface area contributed by atoms with Crippen molar-refractivity contribution in [3.8, 4) is 5.75 Å². The van der Waals surface area contributed by atoms with Crippen molar-refractivity contribution in [2.75, 3.05) is 12.4 Å². The van der Waals surface area contributed by atoms with Gasteiger partial charge in [-0.25, -0.2) is 0 Å². The van der Waals surface area contributed by atoms with E-state index in [4.69, 9.17) is 4.74 Å². The van der Waals surface area contributed by atoms with Gasteiger partial charge in [0.05, 0.1) is 12.7 Å². The van der Waals surface area contributed by atoms with Crippen LogP contribution in [0.2, 0.25) is 0 Å². The van der Waals surface area contributed by atoms with Crippen LogP contribution in [0.3, 0.4) is 0 Å². The second-order valence-corrected chi connectivity index (χ2v) is 4.67. The van der Waals surface area contributed by atoms with Crippen molar-refractivity contribution < 1.29 is 22.7 Å². The van der Waals surface area contributed by atoms with Crippen LogP contribution in [0.5, 0.6) is 5.75 Å². The first-order valence-electron chi connectivity index (χ1n) is 6.69. The molecule has 0 bridgehead atoms. The summed E-state index contributed by atoms with van der Waals surface area (Å²) >= 11 is 0. The normalized spacial score (nSPS) is 11.5. The molecular formula is C17H14F3NO2. The molecule has 0 aliphatic rings. The van der Waals surface area contributed by atoms with E-state index in [1.807, 2.05) is 0 Å². The van der Waals surface area contributed by atoms with E-state index < -0.39 is 17.6 Å². The fourth-order valence-corrected chi connectivity index (χ4v) is 1.81. The van der Waals surface area contributed by atoms with Gasteiger partial charge in [-0.05, 0) is 48.0 Å². The van der Waals surface area contributed by atoms with Crippen LogP contribution in [0.1, 0.15) is 11.1 Å². The number of nitrogens with one attached hydrogen (secondary N) is 1. The number of halogens is 3. The molecule has 1 N–H and O–H groups in total. The van der Waals surface area contributed by atoms with Gasteiger partial charge >= 0.3 is 6.18 Å². The number of amides is 1. The van der Waals surface area contributed by atoms with Crippen molar-refractivity contribution in [3.63, 3.8) is 0 Å². The summed E-state index contributed by atoms with van der Waals surface area (Å²) in [6.07, 6.45) is -1.49. The maximum absolute atomic E-state index is 12.4. The molecule has 0 heterocycles. The van der Waals surface area contributed by atoms with Gasteiger partial charge in [-0.15, -0.1) is 0 Å². The number of carbonyl (C=O) groups is 1. The summed E-state index contributed by atoms with van der Waals surface area (Å²) in [5, 5.41) is 2.50. The Labute approximate surface area is 131 Å². The number of hydrogen-bond acceptors (Lipinski definition) is 2. The molecular weight excluding hydrogens is 307 g/mol. The van der Waals surface area contributed by atoms with Gasteiger partial charge in [0.15, 0.2) is 0 Å². The Kier molecular flexibility index (Phi) is 5.05. The Morgan fingerprint density at radius 2 is 1.65 bits per heavy atom. The minimum absolute atomic E-state index is 0.294. The van der Waals surface area contributed by atoms with E-state index in [2.05, 4.69) is 5.32 Å². The maximum Gasteiger partial charge on any atom is 0.416 e. The molecule has 0 aliphatic carbocycles. The van der Waals surface area contributed by atoms with Gasteiger partial charge < -0.3 is 10.1 Å². The van der Waals surface area contributed by atoms with Crippen LogP contribution < -0.4 is 10.1 Å². The first kappa shape index (κ1) is 16.6. The molecule has 0 radical (unpaired) electrons. The molecule has 120 valence electrons. The van der Waals surface area contributed by atoms with Gasteiger partial charge in [-0.3, -0.25) is 4.79 Å². The highest BCUT2D eigenvalue weighted by atomic mass is 19.4. The number of anilines is 1. The lowest BCUT2D eigenvalue weighted by molar-refractivity contribution is -0.137. The molecule has 6 heteroatoms.